The highest BCUT2D eigenvalue weighted by Crippen LogP contribution is 2.46. The van der Waals surface area contributed by atoms with Gasteiger partial charge < -0.3 is 10.2 Å². The van der Waals surface area contributed by atoms with Gasteiger partial charge in [-0.05, 0) is 56.3 Å². The minimum atomic E-state index is 0.169. The number of fused-ring (bicyclic) bond motifs is 2. The normalized spacial score (nSPS) is 25.6. The lowest BCUT2D eigenvalue weighted by Gasteiger charge is -2.33. The molecule has 1 saturated heterocycles. The van der Waals surface area contributed by atoms with Crippen molar-refractivity contribution in [1.29, 1.82) is 0 Å². The number of nitrogens with one attached hydrogen (secondary N) is 1. The van der Waals surface area contributed by atoms with Crippen molar-refractivity contribution in [3.05, 3.63) is 28.8 Å². The van der Waals surface area contributed by atoms with Crippen molar-refractivity contribution in [1.82, 2.24) is 5.32 Å². The van der Waals surface area contributed by atoms with Crippen molar-refractivity contribution in [3.8, 4) is 0 Å². The number of hydrogen-bond acceptors (Lipinski definition) is 2. The first-order valence-corrected chi connectivity index (χ1v) is 7.65. The van der Waals surface area contributed by atoms with E-state index in [9.17, 15) is 4.79 Å². The lowest BCUT2D eigenvalue weighted by Crippen LogP contribution is -2.32. The van der Waals surface area contributed by atoms with Crippen molar-refractivity contribution in [2.45, 2.75) is 45.4 Å². The highest BCUT2D eigenvalue weighted by atomic mass is 16.2. The molecule has 0 bridgehead atoms. The Hall–Kier alpha value is -1.35. The van der Waals surface area contributed by atoms with Crippen LogP contribution in [0.3, 0.4) is 0 Å². The zero-order valence-electron chi connectivity index (χ0n) is 12.8. The number of nitrogens with zero attached hydrogens (tertiary/aromatic N) is 1. The fourth-order valence-corrected chi connectivity index (χ4v) is 4.11. The molecule has 1 aromatic carbocycles. The maximum Gasteiger partial charge on any atom is 0.223 e. The Morgan fingerprint density at radius 3 is 2.65 bits per heavy atom. The number of rotatable bonds is 0. The van der Waals surface area contributed by atoms with Crippen molar-refractivity contribution < 1.29 is 4.79 Å². The van der Waals surface area contributed by atoms with Crippen LogP contribution < -0.4 is 10.2 Å². The van der Waals surface area contributed by atoms with Gasteiger partial charge >= 0.3 is 0 Å². The molecule has 2 aliphatic rings. The smallest absolute Gasteiger partial charge is 0.223 e. The molecule has 0 aliphatic carbocycles. The Balaban J connectivity index is 2.25. The van der Waals surface area contributed by atoms with Crippen molar-refractivity contribution in [2.24, 2.45) is 0 Å². The van der Waals surface area contributed by atoms with Crippen molar-refractivity contribution in [3.63, 3.8) is 0 Å². The summed E-state index contributed by atoms with van der Waals surface area (Å²) in [6, 6.07) is 4.38. The summed E-state index contributed by atoms with van der Waals surface area (Å²) in [5.41, 5.74) is 5.42. The SMILES string of the molecule is CC(=O)N1CCCC2(CCNC2)c2c(C)ccc(C)c21. The van der Waals surface area contributed by atoms with Gasteiger partial charge in [0.1, 0.15) is 0 Å². The van der Waals surface area contributed by atoms with Gasteiger partial charge in [-0.25, -0.2) is 0 Å². The molecule has 3 rings (SSSR count). The highest BCUT2D eigenvalue weighted by Gasteiger charge is 2.41. The molecule has 0 aromatic heterocycles. The van der Waals surface area contributed by atoms with E-state index in [0.29, 0.717) is 0 Å². The van der Waals surface area contributed by atoms with E-state index in [0.717, 1.165) is 26.1 Å². The van der Waals surface area contributed by atoms with Crippen LogP contribution in [0.5, 0.6) is 0 Å². The molecule has 1 amide bonds. The third-order valence-corrected chi connectivity index (χ3v) is 5.05. The van der Waals surface area contributed by atoms with Crippen LogP contribution in [0, 0.1) is 13.8 Å². The first kappa shape index (κ1) is 13.6. The second-order valence-corrected chi connectivity index (χ2v) is 6.40. The van der Waals surface area contributed by atoms with Gasteiger partial charge in [-0.15, -0.1) is 0 Å². The van der Waals surface area contributed by atoms with Gasteiger partial charge in [-0.3, -0.25) is 4.79 Å². The summed E-state index contributed by atoms with van der Waals surface area (Å²) in [6.07, 6.45) is 3.46. The summed E-state index contributed by atoms with van der Waals surface area (Å²) < 4.78 is 0. The average Bonchev–Trinajstić information content (AvgIpc) is 2.78. The Morgan fingerprint density at radius 1 is 1.25 bits per heavy atom. The fraction of sp³-hybridized carbons (Fsp3) is 0.588. The van der Waals surface area contributed by atoms with E-state index in [2.05, 4.69) is 31.3 Å². The molecule has 0 radical (unpaired) electrons. The van der Waals surface area contributed by atoms with Crippen LogP contribution in [-0.2, 0) is 10.2 Å². The summed E-state index contributed by atoms with van der Waals surface area (Å²) in [5.74, 6) is 0.169. The fourth-order valence-electron chi connectivity index (χ4n) is 4.11. The molecule has 1 fully saturated rings. The Bertz CT molecular complexity index is 544. The van der Waals surface area contributed by atoms with Crippen LogP contribution in [0.15, 0.2) is 12.1 Å². The predicted octanol–water partition coefficient (Wildman–Crippen LogP) is 2.68. The number of carbonyl (C=O) groups is 1. The monoisotopic (exact) mass is 272 g/mol. The van der Waals surface area contributed by atoms with Crippen LogP contribution in [-0.4, -0.2) is 25.5 Å². The molecule has 1 N–H and O–H groups in total. The first-order chi connectivity index (χ1) is 9.55. The van der Waals surface area contributed by atoms with Gasteiger partial charge in [0.05, 0.1) is 5.69 Å². The van der Waals surface area contributed by atoms with E-state index in [1.165, 1.54) is 35.2 Å². The highest BCUT2D eigenvalue weighted by molar-refractivity contribution is 5.94. The number of hydrogen-bond donors (Lipinski definition) is 1. The Morgan fingerprint density at radius 2 is 2.00 bits per heavy atom. The molecule has 1 spiro atoms. The van der Waals surface area contributed by atoms with Gasteiger partial charge in [0.15, 0.2) is 0 Å². The molecule has 3 heteroatoms. The van der Waals surface area contributed by atoms with E-state index in [4.69, 9.17) is 0 Å². The number of anilines is 1. The number of amides is 1. The largest absolute Gasteiger partial charge is 0.316 e. The summed E-state index contributed by atoms with van der Waals surface area (Å²) in [4.78, 5) is 14.1. The van der Waals surface area contributed by atoms with Gasteiger partial charge in [-0.1, -0.05) is 12.1 Å². The summed E-state index contributed by atoms with van der Waals surface area (Å²) in [7, 11) is 0. The topological polar surface area (TPSA) is 32.3 Å². The molecule has 0 saturated carbocycles. The molecule has 1 atom stereocenters. The zero-order valence-corrected chi connectivity index (χ0v) is 12.8. The number of benzene rings is 1. The Labute approximate surface area is 121 Å². The number of carbonyl (C=O) groups excluding carboxylic acids is 1. The quantitative estimate of drug-likeness (QED) is 0.787. The molecule has 1 unspecified atom stereocenters. The molecule has 3 nitrogen and oxygen atoms in total. The van der Waals surface area contributed by atoms with E-state index in [-0.39, 0.29) is 11.3 Å². The van der Waals surface area contributed by atoms with Crippen LogP contribution in [0.4, 0.5) is 5.69 Å². The van der Waals surface area contributed by atoms with E-state index in [1.54, 1.807) is 6.92 Å². The minimum absolute atomic E-state index is 0.169. The molecule has 2 heterocycles. The maximum atomic E-state index is 12.1. The van der Waals surface area contributed by atoms with E-state index in [1.807, 2.05) is 4.90 Å². The predicted molar refractivity (Wildman–Crippen MR) is 82.3 cm³/mol. The molecular formula is C17H24N2O. The van der Waals surface area contributed by atoms with Gasteiger partial charge in [0.25, 0.3) is 0 Å². The van der Waals surface area contributed by atoms with Crippen LogP contribution in [0.2, 0.25) is 0 Å². The third-order valence-electron chi connectivity index (χ3n) is 5.05. The van der Waals surface area contributed by atoms with E-state index >= 15 is 0 Å². The Kier molecular flexibility index (Phi) is 3.33. The molecule has 2 aliphatic heterocycles. The van der Waals surface area contributed by atoms with Crippen molar-refractivity contribution >= 4 is 11.6 Å². The average molecular weight is 272 g/mol. The lowest BCUT2D eigenvalue weighted by molar-refractivity contribution is -0.116. The maximum absolute atomic E-state index is 12.1. The van der Waals surface area contributed by atoms with E-state index < -0.39 is 0 Å². The molecular weight excluding hydrogens is 248 g/mol. The van der Waals surface area contributed by atoms with Gasteiger partial charge in [-0.2, -0.15) is 0 Å². The second-order valence-electron chi connectivity index (χ2n) is 6.40. The van der Waals surface area contributed by atoms with Crippen LogP contribution in [0.25, 0.3) is 0 Å². The summed E-state index contributed by atoms with van der Waals surface area (Å²) in [5, 5.41) is 3.54. The number of aryl methyl sites for hydroxylation is 2. The lowest BCUT2D eigenvalue weighted by atomic mass is 9.73. The molecule has 108 valence electrons. The minimum Gasteiger partial charge on any atom is -0.316 e. The first-order valence-electron chi connectivity index (χ1n) is 7.65. The second kappa shape index (κ2) is 4.88. The van der Waals surface area contributed by atoms with Gasteiger partial charge in [0, 0.05) is 25.4 Å². The van der Waals surface area contributed by atoms with Crippen molar-refractivity contribution in [2.75, 3.05) is 24.5 Å². The summed E-state index contributed by atoms with van der Waals surface area (Å²) in [6.45, 7) is 9.02. The summed E-state index contributed by atoms with van der Waals surface area (Å²) >= 11 is 0. The molecule has 20 heavy (non-hydrogen) atoms. The van der Waals surface area contributed by atoms with Crippen LogP contribution in [0.1, 0.15) is 42.9 Å². The zero-order chi connectivity index (χ0) is 14.3. The standard InChI is InChI=1S/C17H24N2O/c1-12-5-6-13(2)16-15(12)17(8-9-18-11-17)7-4-10-19(16)14(3)20/h5-6,18H,4,7-11H2,1-3H3. The van der Waals surface area contributed by atoms with Gasteiger partial charge in [0.2, 0.25) is 5.91 Å². The third kappa shape index (κ3) is 1.96. The van der Waals surface area contributed by atoms with Crippen LogP contribution >= 0.6 is 0 Å². The molecule has 1 aromatic rings.